The molecule has 0 saturated carbocycles. The molecule has 1 aromatic carbocycles. The third-order valence-electron chi connectivity index (χ3n) is 2.83. The zero-order valence-corrected chi connectivity index (χ0v) is 12.8. The predicted molar refractivity (Wildman–Crippen MR) is 82.5 cm³/mol. The van der Waals surface area contributed by atoms with Crippen molar-refractivity contribution in [2.24, 2.45) is 0 Å². The first kappa shape index (κ1) is 14.6. The zero-order chi connectivity index (χ0) is 14.4. The van der Waals surface area contributed by atoms with Crippen LogP contribution in [0.2, 0.25) is 0 Å². The molecular formula is C14H17BrN4O. The molecule has 0 spiro atoms. The molecule has 20 heavy (non-hydrogen) atoms. The molecule has 2 amide bonds. The van der Waals surface area contributed by atoms with Crippen molar-refractivity contribution in [3.05, 3.63) is 47.0 Å². The van der Waals surface area contributed by atoms with Crippen molar-refractivity contribution in [3.63, 3.8) is 0 Å². The summed E-state index contributed by atoms with van der Waals surface area (Å²) < 4.78 is 0.975. The van der Waals surface area contributed by atoms with Gasteiger partial charge in [-0.05, 0) is 30.7 Å². The molecule has 0 bridgehead atoms. The number of benzene rings is 1. The van der Waals surface area contributed by atoms with Crippen LogP contribution in [0.1, 0.15) is 31.6 Å². The summed E-state index contributed by atoms with van der Waals surface area (Å²) in [6.45, 7) is 2.07. The molecule has 0 fully saturated rings. The fourth-order valence-electron chi connectivity index (χ4n) is 1.89. The second-order valence-corrected chi connectivity index (χ2v) is 5.34. The number of halogens is 1. The summed E-state index contributed by atoms with van der Waals surface area (Å²) in [5.41, 5.74) is 0.750. The lowest BCUT2D eigenvalue weighted by Crippen LogP contribution is -2.33. The van der Waals surface area contributed by atoms with E-state index >= 15 is 0 Å². The van der Waals surface area contributed by atoms with Gasteiger partial charge in [-0.1, -0.05) is 29.3 Å². The Bertz CT molecular complexity index is 539. The molecule has 6 heteroatoms. The number of aromatic nitrogens is 2. The first-order valence-corrected chi connectivity index (χ1v) is 7.30. The van der Waals surface area contributed by atoms with E-state index in [9.17, 15) is 4.79 Å². The topological polar surface area (TPSA) is 69.8 Å². The van der Waals surface area contributed by atoms with Crippen molar-refractivity contribution >= 4 is 27.6 Å². The van der Waals surface area contributed by atoms with Crippen LogP contribution in [0, 0.1) is 0 Å². The standard InChI is InChI=1S/C14H17BrN4O/c1-2-3-12(13-16-8-9-17-13)19-14(20)18-11-6-4-10(15)5-7-11/h4-9,12H,2-3H2,1H3,(H,16,17)(H2,18,19,20). The highest BCUT2D eigenvalue weighted by Gasteiger charge is 2.15. The van der Waals surface area contributed by atoms with E-state index in [1.807, 2.05) is 24.3 Å². The van der Waals surface area contributed by atoms with Gasteiger partial charge in [0.25, 0.3) is 0 Å². The molecule has 0 radical (unpaired) electrons. The summed E-state index contributed by atoms with van der Waals surface area (Å²) in [7, 11) is 0. The van der Waals surface area contributed by atoms with Crippen molar-refractivity contribution in [1.82, 2.24) is 15.3 Å². The van der Waals surface area contributed by atoms with Crippen molar-refractivity contribution < 1.29 is 4.79 Å². The fraction of sp³-hybridized carbons (Fsp3) is 0.286. The van der Waals surface area contributed by atoms with Gasteiger partial charge in [0.05, 0.1) is 6.04 Å². The van der Waals surface area contributed by atoms with Crippen molar-refractivity contribution in [1.29, 1.82) is 0 Å². The van der Waals surface area contributed by atoms with Crippen LogP contribution in [0.25, 0.3) is 0 Å². The second-order valence-electron chi connectivity index (χ2n) is 4.42. The van der Waals surface area contributed by atoms with Gasteiger partial charge < -0.3 is 15.6 Å². The van der Waals surface area contributed by atoms with Crippen LogP contribution in [-0.4, -0.2) is 16.0 Å². The number of carbonyl (C=O) groups excluding carboxylic acids is 1. The van der Waals surface area contributed by atoms with Gasteiger partial charge >= 0.3 is 6.03 Å². The minimum atomic E-state index is -0.234. The minimum Gasteiger partial charge on any atom is -0.347 e. The molecule has 5 nitrogen and oxygen atoms in total. The van der Waals surface area contributed by atoms with E-state index in [0.717, 1.165) is 28.8 Å². The monoisotopic (exact) mass is 336 g/mol. The van der Waals surface area contributed by atoms with Crippen LogP contribution in [0.4, 0.5) is 10.5 Å². The van der Waals surface area contributed by atoms with Crippen LogP contribution < -0.4 is 10.6 Å². The van der Waals surface area contributed by atoms with Gasteiger partial charge in [-0.2, -0.15) is 0 Å². The summed E-state index contributed by atoms with van der Waals surface area (Å²) in [5.74, 6) is 0.776. The Hall–Kier alpha value is -1.82. The lowest BCUT2D eigenvalue weighted by Gasteiger charge is -2.16. The number of anilines is 1. The van der Waals surface area contributed by atoms with Crippen molar-refractivity contribution in [2.45, 2.75) is 25.8 Å². The van der Waals surface area contributed by atoms with Gasteiger partial charge in [-0.3, -0.25) is 0 Å². The van der Waals surface area contributed by atoms with Crippen molar-refractivity contribution in [3.8, 4) is 0 Å². The summed E-state index contributed by atoms with van der Waals surface area (Å²) >= 11 is 3.36. The molecule has 1 heterocycles. The number of nitrogens with zero attached hydrogens (tertiary/aromatic N) is 1. The van der Waals surface area contributed by atoms with Crippen LogP contribution in [-0.2, 0) is 0 Å². The Morgan fingerprint density at radius 1 is 1.40 bits per heavy atom. The zero-order valence-electron chi connectivity index (χ0n) is 11.2. The normalized spacial score (nSPS) is 11.9. The number of amides is 2. The maximum Gasteiger partial charge on any atom is 0.319 e. The molecule has 106 valence electrons. The van der Waals surface area contributed by atoms with E-state index in [1.54, 1.807) is 12.4 Å². The summed E-state index contributed by atoms with van der Waals surface area (Å²) in [5, 5.41) is 5.74. The molecular weight excluding hydrogens is 320 g/mol. The molecule has 0 aliphatic carbocycles. The van der Waals surface area contributed by atoms with Gasteiger partial charge in [-0.25, -0.2) is 9.78 Å². The second kappa shape index (κ2) is 7.09. The van der Waals surface area contributed by atoms with Crippen molar-refractivity contribution in [2.75, 3.05) is 5.32 Å². The first-order chi connectivity index (χ1) is 9.69. The lowest BCUT2D eigenvalue weighted by atomic mass is 10.1. The highest BCUT2D eigenvalue weighted by Crippen LogP contribution is 2.16. The number of urea groups is 1. The molecule has 2 aromatic rings. The van der Waals surface area contributed by atoms with Gasteiger partial charge in [0.15, 0.2) is 0 Å². The van der Waals surface area contributed by atoms with E-state index in [4.69, 9.17) is 0 Å². The fourth-order valence-corrected chi connectivity index (χ4v) is 2.16. The first-order valence-electron chi connectivity index (χ1n) is 6.51. The smallest absolute Gasteiger partial charge is 0.319 e. The van der Waals surface area contributed by atoms with E-state index < -0.39 is 0 Å². The Morgan fingerprint density at radius 2 is 2.15 bits per heavy atom. The quantitative estimate of drug-likeness (QED) is 0.776. The van der Waals surface area contributed by atoms with Gasteiger partial charge in [0, 0.05) is 22.6 Å². The van der Waals surface area contributed by atoms with Gasteiger partial charge in [0.1, 0.15) is 5.82 Å². The van der Waals surface area contributed by atoms with Crippen LogP contribution in [0.15, 0.2) is 41.1 Å². The Labute approximate surface area is 126 Å². The highest BCUT2D eigenvalue weighted by molar-refractivity contribution is 9.10. The van der Waals surface area contributed by atoms with Crippen LogP contribution in [0.3, 0.4) is 0 Å². The Balaban J connectivity index is 1.96. The Kier molecular flexibility index (Phi) is 5.17. The van der Waals surface area contributed by atoms with Gasteiger partial charge in [0.2, 0.25) is 0 Å². The molecule has 0 aliphatic heterocycles. The third kappa shape index (κ3) is 4.09. The predicted octanol–water partition coefficient (Wildman–Crippen LogP) is 3.84. The number of aromatic amines is 1. The third-order valence-corrected chi connectivity index (χ3v) is 3.36. The number of hydrogen-bond donors (Lipinski definition) is 3. The molecule has 0 aliphatic rings. The van der Waals surface area contributed by atoms with E-state index in [1.165, 1.54) is 0 Å². The van der Waals surface area contributed by atoms with E-state index in [0.29, 0.717) is 0 Å². The molecule has 1 unspecified atom stereocenters. The molecule has 3 N–H and O–H groups in total. The average molecular weight is 337 g/mol. The Morgan fingerprint density at radius 3 is 2.75 bits per heavy atom. The minimum absolute atomic E-state index is 0.106. The lowest BCUT2D eigenvalue weighted by molar-refractivity contribution is 0.247. The maximum absolute atomic E-state index is 12.0. The summed E-state index contributed by atoms with van der Waals surface area (Å²) in [6, 6.07) is 7.10. The molecule has 0 saturated heterocycles. The number of rotatable bonds is 5. The van der Waals surface area contributed by atoms with E-state index in [-0.39, 0.29) is 12.1 Å². The average Bonchev–Trinajstić information content (AvgIpc) is 2.95. The highest BCUT2D eigenvalue weighted by atomic mass is 79.9. The van der Waals surface area contributed by atoms with Crippen LogP contribution in [0.5, 0.6) is 0 Å². The molecule has 1 aromatic heterocycles. The number of carbonyl (C=O) groups is 1. The summed E-state index contributed by atoms with van der Waals surface area (Å²) in [4.78, 5) is 19.2. The van der Waals surface area contributed by atoms with Gasteiger partial charge in [-0.15, -0.1) is 0 Å². The molecule has 1 atom stereocenters. The number of H-pyrrole nitrogens is 1. The SMILES string of the molecule is CCCC(NC(=O)Nc1ccc(Br)cc1)c1ncc[nH]1. The van der Waals surface area contributed by atoms with Crippen LogP contribution >= 0.6 is 15.9 Å². The largest absolute Gasteiger partial charge is 0.347 e. The van der Waals surface area contributed by atoms with E-state index in [2.05, 4.69) is 43.5 Å². The summed E-state index contributed by atoms with van der Waals surface area (Å²) in [6.07, 6.45) is 5.24. The number of nitrogens with one attached hydrogen (secondary N) is 3. The maximum atomic E-state index is 12.0. The number of hydrogen-bond acceptors (Lipinski definition) is 2. The number of imidazole rings is 1. The molecule has 2 rings (SSSR count).